The first-order chi connectivity index (χ1) is 11.8. The summed E-state index contributed by atoms with van der Waals surface area (Å²) in [5.74, 6) is -0.0433. The lowest BCUT2D eigenvalue weighted by atomic mass is 10.1. The maximum absolute atomic E-state index is 12.8. The number of nitrogens with one attached hydrogen (secondary N) is 1. The van der Waals surface area contributed by atoms with Gasteiger partial charge in [-0.15, -0.1) is 10.2 Å². The molecule has 0 aliphatic carbocycles. The molecule has 3 rings (SSSR count). The Kier molecular flexibility index (Phi) is 4.69. The van der Waals surface area contributed by atoms with Gasteiger partial charge in [0.05, 0.1) is 12.8 Å². The summed E-state index contributed by atoms with van der Waals surface area (Å²) in [7, 11) is 0. The number of halogens is 3. The van der Waals surface area contributed by atoms with Gasteiger partial charge in [0.1, 0.15) is 5.76 Å². The van der Waals surface area contributed by atoms with Crippen LogP contribution in [0.4, 0.5) is 18.0 Å². The van der Waals surface area contributed by atoms with E-state index in [1.54, 1.807) is 12.3 Å². The van der Waals surface area contributed by atoms with Crippen molar-refractivity contribution in [2.24, 2.45) is 0 Å². The van der Waals surface area contributed by atoms with Crippen LogP contribution in [0.25, 0.3) is 0 Å². The highest BCUT2D eigenvalue weighted by Crippen LogP contribution is 2.29. The molecule has 0 radical (unpaired) electrons. The van der Waals surface area contributed by atoms with E-state index >= 15 is 0 Å². The normalized spacial score (nSPS) is 15.8. The molecule has 1 aliphatic heterocycles. The molecule has 7 nitrogen and oxygen atoms in total. The zero-order valence-corrected chi connectivity index (χ0v) is 13.6. The summed E-state index contributed by atoms with van der Waals surface area (Å²) in [5, 5.41) is 9.61. The Morgan fingerprint density at radius 1 is 1.40 bits per heavy atom. The fraction of sp³-hybridized carbons (Fsp3) is 0.533. The Morgan fingerprint density at radius 2 is 2.20 bits per heavy atom. The lowest BCUT2D eigenvalue weighted by molar-refractivity contribution is -0.147. The van der Waals surface area contributed by atoms with Crippen molar-refractivity contribution >= 4 is 6.03 Å². The fourth-order valence-corrected chi connectivity index (χ4v) is 2.73. The topological polar surface area (TPSA) is 76.2 Å². The summed E-state index contributed by atoms with van der Waals surface area (Å²) in [6.45, 7) is 2.06. The molecule has 2 aromatic heterocycles. The number of rotatable bonds is 4. The average Bonchev–Trinajstić information content (AvgIpc) is 3.20. The van der Waals surface area contributed by atoms with Crippen molar-refractivity contribution < 1.29 is 22.4 Å². The van der Waals surface area contributed by atoms with E-state index in [2.05, 4.69) is 15.5 Å². The van der Waals surface area contributed by atoms with Gasteiger partial charge in [0.15, 0.2) is 5.82 Å². The minimum Gasteiger partial charge on any atom is -0.469 e. The molecule has 0 saturated carbocycles. The van der Waals surface area contributed by atoms with Crippen molar-refractivity contribution in [3.05, 3.63) is 35.8 Å². The number of aromatic nitrogens is 3. The largest absolute Gasteiger partial charge is 0.469 e. The molecule has 0 saturated heterocycles. The van der Waals surface area contributed by atoms with E-state index in [1.165, 1.54) is 4.90 Å². The van der Waals surface area contributed by atoms with Crippen LogP contribution in [0.1, 0.15) is 30.8 Å². The smallest absolute Gasteiger partial charge is 0.451 e. The maximum atomic E-state index is 12.8. The lowest BCUT2D eigenvalue weighted by Crippen LogP contribution is -2.47. The van der Waals surface area contributed by atoms with Crippen LogP contribution in [0, 0.1) is 0 Å². The average molecular weight is 357 g/mol. The van der Waals surface area contributed by atoms with Crippen LogP contribution < -0.4 is 5.32 Å². The van der Waals surface area contributed by atoms with Gasteiger partial charge in [-0.25, -0.2) is 4.79 Å². The standard InChI is InChI=1S/C15H18F3N5O2/c1-10(4-5-11-3-2-8-25-11)19-14(24)22-6-7-23-12(9-22)20-21-13(23)15(16,17)18/h2-3,8,10H,4-7,9H2,1H3,(H,19,24). The molecule has 2 amide bonds. The third-order valence-electron chi connectivity index (χ3n) is 4.07. The van der Waals surface area contributed by atoms with Gasteiger partial charge < -0.3 is 19.2 Å². The zero-order chi connectivity index (χ0) is 18.0. The molecule has 1 atom stereocenters. The predicted octanol–water partition coefficient (Wildman–Crippen LogP) is 2.44. The number of alkyl halides is 3. The highest BCUT2D eigenvalue weighted by atomic mass is 19.4. The third kappa shape index (κ3) is 3.94. The molecule has 10 heteroatoms. The summed E-state index contributed by atoms with van der Waals surface area (Å²) in [6.07, 6.45) is -1.56. The maximum Gasteiger partial charge on any atom is 0.451 e. The van der Waals surface area contributed by atoms with Gasteiger partial charge in [0, 0.05) is 25.6 Å². The van der Waals surface area contributed by atoms with Crippen LogP contribution >= 0.6 is 0 Å². The number of urea groups is 1. The minimum absolute atomic E-state index is 0.000181. The number of hydrogen-bond donors (Lipinski definition) is 1. The highest BCUT2D eigenvalue weighted by Gasteiger charge is 2.39. The lowest BCUT2D eigenvalue weighted by Gasteiger charge is -2.29. The Balaban J connectivity index is 1.54. The van der Waals surface area contributed by atoms with E-state index in [9.17, 15) is 18.0 Å². The SMILES string of the molecule is CC(CCc1ccco1)NC(=O)N1CCn2c(nnc2C(F)(F)F)C1. The molecule has 136 valence electrons. The number of amides is 2. The van der Waals surface area contributed by atoms with Gasteiger partial charge in [0.2, 0.25) is 5.82 Å². The summed E-state index contributed by atoms with van der Waals surface area (Å²) in [6, 6.07) is 3.25. The molecule has 1 N–H and O–H groups in total. The van der Waals surface area contributed by atoms with Crippen LogP contribution in [0.15, 0.2) is 22.8 Å². The van der Waals surface area contributed by atoms with Gasteiger partial charge in [-0.1, -0.05) is 0 Å². The molecule has 0 spiro atoms. The molecule has 25 heavy (non-hydrogen) atoms. The molecule has 1 unspecified atom stereocenters. The molecule has 0 bridgehead atoms. The molecule has 2 aromatic rings. The number of carbonyl (C=O) groups is 1. The Labute approximate surface area is 141 Å². The van der Waals surface area contributed by atoms with E-state index in [1.807, 2.05) is 13.0 Å². The van der Waals surface area contributed by atoms with Crippen LogP contribution in [0.2, 0.25) is 0 Å². The molecule has 0 aromatic carbocycles. The van der Waals surface area contributed by atoms with Gasteiger partial charge in [0.25, 0.3) is 0 Å². The second-order valence-corrected chi connectivity index (χ2v) is 5.98. The Morgan fingerprint density at radius 3 is 2.88 bits per heavy atom. The van der Waals surface area contributed by atoms with E-state index < -0.39 is 12.0 Å². The predicted molar refractivity (Wildman–Crippen MR) is 80.5 cm³/mol. The molecule has 0 fully saturated rings. The van der Waals surface area contributed by atoms with E-state index in [0.29, 0.717) is 12.8 Å². The number of nitrogens with zero attached hydrogens (tertiary/aromatic N) is 4. The monoisotopic (exact) mass is 357 g/mol. The van der Waals surface area contributed by atoms with Crippen LogP contribution in [-0.2, 0) is 25.7 Å². The fourth-order valence-electron chi connectivity index (χ4n) is 2.73. The minimum atomic E-state index is -4.55. The second kappa shape index (κ2) is 6.77. The highest BCUT2D eigenvalue weighted by molar-refractivity contribution is 5.74. The molecular formula is C15H18F3N5O2. The van der Waals surface area contributed by atoms with Crippen LogP contribution in [0.3, 0.4) is 0 Å². The first-order valence-corrected chi connectivity index (χ1v) is 7.91. The second-order valence-electron chi connectivity index (χ2n) is 5.98. The van der Waals surface area contributed by atoms with Crippen molar-refractivity contribution in [3.8, 4) is 0 Å². The van der Waals surface area contributed by atoms with Gasteiger partial charge >= 0.3 is 12.2 Å². The molecule has 3 heterocycles. The number of furan rings is 1. The van der Waals surface area contributed by atoms with E-state index in [4.69, 9.17) is 4.42 Å². The first kappa shape index (κ1) is 17.3. The summed E-state index contributed by atoms with van der Waals surface area (Å²) < 4.78 is 44.7. The van der Waals surface area contributed by atoms with Crippen molar-refractivity contribution in [1.29, 1.82) is 0 Å². The van der Waals surface area contributed by atoms with Gasteiger partial charge in [-0.2, -0.15) is 13.2 Å². The molecular weight excluding hydrogens is 339 g/mol. The van der Waals surface area contributed by atoms with Gasteiger partial charge in [-0.3, -0.25) is 0 Å². The van der Waals surface area contributed by atoms with Crippen LogP contribution in [-0.4, -0.2) is 38.3 Å². The summed E-state index contributed by atoms with van der Waals surface area (Å²) in [4.78, 5) is 13.7. The zero-order valence-electron chi connectivity index (χ0n) is 13.6. The number of hydrogen-bond acceptors (Lipinski definition) is 4. The summed E-state index contributed by atoms with van der Waals surface area (Å²) in [5.41, 5.74) is 0. The van der Waals surface area contributed by atoms with E-state index in [-0.39, 0.29) is 37.5 Å². The van der Waals surface area contributed by atoms with Crippen molar-refractivity contribution in [3.63, 3.8) is 0 Å². The number of aryl methyl sites for hydroxylation is 1. The Bertz CT molecular complexity index is 726. The molecule has 1 aliphatic rings. The van der Waals surface area contributed by atoms with Gasteiger partial charge in [-0.05, 0) is 25.5 Å². The Hall–Kier alpha value is -2.52. The number of fused-ring (bicyclic) bond motifs is 1. The third-order valence-corrected chi connectivity index (χ3v) is 4.07. The number of carbonyl (C=O) groups excluding carboxylic acids is 1. The van der Waals surface area contributed by atoms with Crippen molar-refractivity contribution in [2.75, 3.05) is 6.54 Å². The van der Waals surface area contributed by atoms with Crippen molar-refractivity contribution in [2.45, 2.75) is 45.1 Å². The van der Waals surface area contributed by atoms with E-state index in [0.717, 1.165) is 10.3 Å². The van der Waals surface area contributed by atoms with Crippen LogP contribution in [0.5, 0.6) is 0 Å². The van der Waals surface area contributed by atoms with Crippen molar-refractivity contribution in [1.82, 2.24) is 25.0 Å². The summed E-state index contributed by atoms with van der Waals surface area (Å²) >= 11 is 0. The first-order valence-electron chi connectivity index (χ1n) is 7.91. The quantitative estimate of drug-likeness (QED) is 0.912.